The number of nitrogens with zero attached hydrogens (tertiary/aromatic N) is 1. The molecular formula is C22H16Cl2N2O3. The van der Waals surface area contributed by atoms with Gasteiger partial charge in [-0.05, 0) is 55.0 Å². The Kier molecular flexibility index (Phi) is 5.18. The minimum Gasteiger partial charge on any atom is -0.494 e. The predicted molar refractivity (Wildman–Crippen MR) is 115 cm³/mol. The fourth-order valence-corrected chi connectivity index (χ4v) is 3.60. The zero-order valence-corrected chi connectivity index (χ0v) is 17.1. The maximum absolute atomic E-state index is 12.8. The molecule has 7 heteroatoms. The molecule has 0 aliphatic heterocycles. The lowest BCUT2D eigenvalue weighted by atomic mass is 10.1. The summed E-state index contributed by atoms with van der Waals surface area (Å²) in [5.74, 6) is 0.348. The Labute approximate surface area is 177 Å². The molecule has 0 aliphatic carbocycles. The zero-order valence-electron chi connectivity index (χ0n) is 15.6. The molecule has 146 valence electrons. The number of methoxy groups -OCH3 is 1. The molecule has 0 spiro atoms. The molecule has 4 rings (SSSR count). The molecule has 0 fully saturated rings. The summed E-state index contributed by atoms with van der Waals surface area (Å²) < 4.78 is 11.1. The predicted octanol–water partition coefficient (Wildman–Crippen LogP) is 6.37. The normalized spacial score (nSPS) is 10.9. The highest BCUT2D eigenvalue weighted by Gasteiger charge is 2.17. The van der Waals surface area contributed by atoms with Crippen molar-refractivity contribution >= 4 is 45.9 Å². The van der Waals surface area contributed by atoms with E-state index in [1.54, 1.807) is 12.1 Å². The van der Waals surface area contributed by atoms with E-state index >= 15 is 0 Å². The second-order valence-electron chi connectivity index (χ2n) is 6.49. The first kappa shape index (κ1) is 19.3. The maximum atomic E-state index is 12.8. The summed E-state index contributed by atoms with van der Waals surface area (Å²) in [6, 6.07) is 16.1. The van der Waals surface area contributed by atoms with Crippen molar-refractivity contribution in [3.8, 4) is 17.2 Å². The van der Waals surface area contributed by atoms with Crippen molar-refractivity contribution < 1.29 is 13.9 Å². The van der Waals surface area contributed by atoms with Crippen molar-refractivity contribution in [2.24, 2.45) is 0 Å². The Morgan fingerprint density at radius 3 is 2.72 bits per heavy atom. The summed E-state index contributed by atoms with van der Waals surface area (Å²) >= 11 is 12.2. The lowest BCUT2D eigenvalue weighted by Gasteiger charge is -2.12. The number of carbonyl (C=O) groups excluding carboxylic acids is 1. The molecule has 0 aliphatic rings. The molecule has 1 aromatic heterocycles. The van der Waals surface area contributed by atoms with Crippen molar-refractivity contribution in [2.75, 3.05) is 12.4 Å². The van der Waals surface area contributed by atoms with E-state index in [4.69, 9.17) is 32.4 Å². The molecule has 1 amide bonds. The third kappa shape index (κ3) is 3.92. The van der Waals surface area contributed by atoms with Gasteiger partial charge in [0.2, 0.25) is 5.89 Å². The number of aryl methyl sites for hydroxylation is 1. The highest BCUT2D eigenvalue weighted by molar-refractivity contribution is 6.36. The van der Waals surface area contributed by atoms with Crippen LogP contribution >= 0.6 is 23.2 Å². The van der Waals surface area contributed by atoms with E-state index in [9.17, 15) is 4.79 Å². The molecular weight excluding hydrogens is 411 g/mol. The van der Waals surface area contributed by atoms with Crippen molar-refractivity contribution in [2.45, 2.75) is 6.92 Å². The van der Waals surface area contributed by atoms with E-state index in [-0.39, 0.29) is 16.3 Å². The molecule has 1 N–H and O–H groups in total. The number of hydrogen-bond acceptors (Lipinski definition) is 4. The van der Waals surface area contributed by atoms with Gasteiger partial charge in [0, 0.05) is 16.3 Å². The van der Waals surface area contributed by atoms with Crippen LogP contribution < -0.4 is 10.1 Å². The number of aromatic nitrogens is 1. The molecule has 0 saturated carbocycles. The smallest absolute Gasteiger partial charge is 0.259 e. The first-order chi connectivity index (χ1) is 13.9. The van der Waals surface area contributed by atoms with Gasteiger partial charge in [0.15, 0.2) is 5.58 Å². The number of nitrogens with one attached hydrogen (secondary N) is 1. The Hall–Kier alpha value is -3.02. The summed E-state index contributed by atoms with van der Waals surface area (Å²) in [6.45, 7) is 2.00. The molecule has 0 bridgehead atoms. The number of amides is 1. The van der Waals surface area contributed by atoms with Crippen molar-refractivity contribution in [1.82, 2.24) is 4.98 Å². The summed E-state index contributed by atoms with van der Waals surface area (Å²) in [6.07, 6.45) is 0. The summed E-state index contributed by atoms with van der Waals surface area (Å²) in [5, 5.41) is 3.44. The van der Waals surface area contributed by atoms with Crippen LogP contribution in [0.15, 0.2) is 59.0 Å². The van der Waals surface area contributed by atoms with Gasteiger partial charge in [-0.15, -0.1) is 0 Å². The van der Waals surface area contributed by atoms with E-state index in [0.717, 1.165) is 16.6 Å². The average Bonchev–Trinajstić information content (AvgIpc) is 3.11. The van der Waals surface area contributed by atoms with Gasteiger partial charge in [-0.25, -0.2) is 4.98 Å². The molecule has 3 aromatic carbocycles. The van der Waals surface area contributed by atoms with Crippen LogP contribution in [0.5, 0.6) is 5.75 Å². The minimum absolute atomic E-state index is 0.243. The largest absolute Gasteiger partial charge is 0.494 e. The van der Waals surface area contributed by atoms with E-state index in [1.807, 2.05) is 37.3 Å². The SMILES string of the molecule is COc1c(Cl)cc(Cl)cc1C(=O)Nc1cccc(-c2nc3cc(C)ccc3o2)c1. The van der Waals surface area contributed by atoms with Crippen molar-refractivity contribution in [3.05, 3.63) is 75.8 Å². The summed E-state index contributed by atoms with van der Waals surface area (Å²) in [5.41, 5.74) is 4.16. The number of fused-ring (bicyclic) bond motifs is 1. The fourth-order valence-electron chi connectivity index (χ4n) is 3.03. The Balaban J connectivity index is 1.65. The van der Waals surface area contributed by atoms with Gasteiger partial charge >= 0.3 is 0 Å². The number of oxazole rings is 1. The molecule has 5 nitrogen and oxygen atoms in total. The van der Waals surface area contributed by atoms with Gasteiger partial charge in [0.05, 0.1) is 17.7 Å². The average molecular weight is 427 g/mol. The van der Waals surface area contributed by atoms with Crippen LogP contribution in [-0.4, -0.2) is 18.0 Å². The van der Waals surface area contributed by atoms with Crippen LogP contribution in [0, 0.1) is 6.92 Å². The highest BCUT2D eigenvalue weighted by Crippen LogP contribution is 2.33. The van der Waals surface area contributed by atoms with E-state index in [0.29, 0.717) is 22.2 Å². The van der Waals surface area contributed by atoms with E-state index < -0.39 is 5.91 Å². The fraction of sp³-hybridized carbons (Fsp3) is 0.0909. The monoisotopic (exact) mass is 426 g/mol. The lowest BCUT2D eigenvalue weighted by Crippen LogP contribution is -2.13. The molecule has 1 heterocycles. The minimum atomic E-state index is -0.392. The molecule has 29 heavy (non-hydrogen) atoms. The third-order valence-corrected chi connectivity index (χ3v) is 4.87. The number of anilines is 1. The summed E-state index contributed by atoms with van der Waals surface area (Å²) in [7, 11) is 1.45. The van der Waals surface area contributed by atoms with E-state index in [1.165, 1.54) is 19.2 Å². The second kappa shape index (κ2) is 7.78. The van der Waals surface area contributed by atoms with E-state index in [2.05, 4.69) is 10.3 Å². The molecule has 0 atom stereocenters. The summed E-state index contributed by atoms with van der Waals surface area (Å²) in [4.78, 5) is 17.3. The number of halogens is 2. The maximum Gasteiger partial charge on any atom is 0.259 e. The van der Waals surface area contributed by atoms with Gasteiger partial charge in [-0.1, -0.05) is 35.3 Å². The number of carbonyl (C=O) groups is 1. The number of hydrogen-bond donors (Lipinski definition) is 1. The third-order valence-electron chi connectivity index (χ3n) is 4.37. The lowest BCUT2D eigenvalue weighted by molar-refractivity contribution is 0.102. The van der Waals surface area contributed by atoms with Crippen LogP contribution in [0.1, 0.15) is 15.9 Å². The first-order valence-electron chi connectivity index (χ1n) is 8.76. The van der Waals surface area contributed by atoms with Crippen LogP contribution in [0.3, 0.4) is 0 Å². The standard InChI is InChI=1S/C22H16Cl2N2O3/c1-12-6-7-19-18(8-12)26-22(29-19)13-4-3-5-15(9-13)25-21(27)16-10-14(23)11-17(24)20(16)28-2/h3-11H,1-2H3,(H,25,27). The van der Waals surface area contributed by atoms with Crippen LogP contribution in [-0.2, 0) is 0 Å². The molecule has 0 unspecified atom stereocenters. The van der Waals surface area contributed by atoms with Gasteiger partial charge in [0.1, 0.15) is 11.3 Å². The van der Waals surface area contributed by atoms with Crippen molar-refractivity contribution in [3.63, 3.8) is 0 Å². The molecule has 0 radical (unpaired) electrons. The van der Waals surface area contributed by atoms with Gasteiger partial charge in [0.25, 0.3) is 5.91 Å². The Morgan fingerprint density at radius 1 is 1.10 bits per heavy atom. The topological polar surface area (TPSA) is 64.4 Å². The Bertz CT molecular complexity index is 1230. The molecule has 0 saturated heterocycles. The quantitative estimate of drug-likeness (QED) is 0.411. The second-order valence-corrected chi connectivity index (χ2v) is 7.34. The highest BCUT2D eigenvalue weighted by atomic mass is 35.5. The number of benzene rings is 3. The Morgan fingerprint density at radius 2 is 1.93 bits per heavy atom. The molecule has 4 aromatic rings. The first-order valence-corrected chi connectivity index (χ1v) is 9.52. The van der Waals surface area contributed by atoms with Gasteiger partial charge in [-0.2, -0.15) is 0 Å². The van der Waals surface area contributed by atoms with Gasteiger partial charge < -0.3 is 14.5 Å². The van der Waals surface area contributed by atoms with Crippen LogP contribution in [0.4, 0.5) is 5.69 Å². The van der Waals surface area contributed by atoms with Gasteiger partial charge in [-0.3, -0.25) is 4.79 Å². The van der Waals surface area contributed by atoms with Crippen LogP contribution in [0.2, 0.25) is 10.0 Å². The van der Waals surface area contributed by atoms with Crippen LogP contribution in [0.25, 0.3) is 22.6 Å². The van der Waals surface area contributed by atoms with Crippen molar-refractivity contribution in [1.29, 1.82) is 0 Å². The number of rotatable bonds is 4. The zero-order chi connectivity index (χ0) is 20.5. The number of ether oxygens (including phenoxy) is 1.